The monoisotopic (exact) mass is 380 g/mol. The molecule has 4 rings (SSSR count). The molecule has 1 aromatic heterocycles. The highest BCUT2D eigenvalue weighted by atomic mass is 35.5. The Kier molecular flexibility index (Phi) is 4.65. The van der Waals surface area contributed by atoms with Crippen LogP contribution in [-0.4, -0.2) is 0 Å². The lowest BCUT2D eigenvalue weighted by molar-refractivity contribution is 0.292. The molecule has 0 fully saturated rings. The van der Waals surface area contributed by atoms with E-state index in [4.69, 9.17) is 20.8 Å². The maximum Gasteiger partial charge on any atom is 0.235 e. The molecule has 0 unspecified atom stereocenters. The predicted molar refractivity (Wildman–Crippen MR) is 104 cm³/mol. The van der Waals surface area contributed by atoms with Crippen LogP contribution in [0.5, 0.6) is 5.75 Å². The summed E-state index contributed by atoms with van der Waals surface area (Å²) in [5.41, 5.74) is 1.09. The Morgan fingerprint density at radius 3 is 2.48 bits per heavy atom. The van der Waals surface area contributed by atoms with E-state index in [1.54, 1.807) is 30.3 Å². The summed E-state index contributed by atoms with van der Waals surface area (Å²) >= 11 is 6.02. The molecule has 1 heterocycles. The van der Waals surface area contributed by atoms with Crippen molar-refractivity contribution in [3.8, 4) is 17.1 Å². The van der Waals surface area contributed by atoms with Crippen LogP contribution in [-0.2, 0) is 6.61 Å². The molecule has 0 radical (unpaired) electrons. The topological polar surface area (TPSA) is 39.4 Å². The summed E-state index contributed by atoms with van der Waals surface area (Å²) in [6.45, 7) is -0.0939. The third kappa shape index (κ3) is 3.44. The van der Waals surface area contributed by atoms with Crippen LogP contribution in [0.4, 0.5) is 4.39 Å². The molecule has 3 nitrogen and oxygen atoms in total. The van der Waals surface area contributed by atoms with E-state index in [9.17, 15) is 9.18 Å². The van der Waals surface area contributed by atoms with Crippen LogP contribution in [0.1, 0.15) is 5.56 Å². The molecule has 0 saturated heterocycles. The summed E-state index contributed by atoms with van der Waals surface area (Å²) in [6.07, 6.45) is 0. The Morgan fingerprint density at radius 1 is 0.963 bits per heavy atom. The van der Waals surface area contributed by atoms with Gasteiger partial charge in [0, 0.05) is 16.1 Å². The minimum atomic E-state index is -0.396. The maximum absolute atomic E-state index is 13.9. The Bertz CT molecular complexity index is 1170. The number of ether oxygens (including phenoxy) is 1. The van der Waals surface area contributed by atoms with Crippen molar-refractivity contribution in [2.45, 2.75) is 6.61 Å². The second kappa shape index (κ2) is 7.25. The van der Waals surface area contributed by atoms with E-state index in [1.807, 2.05) is 30.3 Å². The molecule has 0 bridgehead atoms. The largest absolute Gasteiger partial charge is 0.481 e. The number of hydrogen-bond donors (Lipinski definition) is 0. The standard InChI is InChI=1S/C22H14ClFO3/c23-16-10-11-19-17(12-16)20(25)22(21(27-19)14-6-2-1-3-7-14)26-13-15-8-4-5-9-18(15)24/h1-12H,13H2. The van der Waals surface area contributed by atoms with Gasteiger partial charge in [0.1, 0.15) is 18.0 Å². The number of hydrogen-bond acceptors (Lipinski definition) is 3. The zero-order valence-corrected chi connectivity index (χ0v) is 14.9. The third-order valence-corrected chi connectivity index (χ3v) is 4.41. The molecule has 0 amide bonds. The van der Waals surface area contributed by atoms with Gasteiger partial charge in [-0.3, -0.25) is 4.79 Å². The van der Waals surface area contributed by atoms with Crippen LogP contribution < -0.4 is 10.2 Å². The Balaban J connectivity index is 1.87. The van der Waals surface area contributed by atoms with Crippen molar-refractivity contribution >= 4 is 22.6 Å². The summed E-state index contributed by atoms with van der Waals surface area (Å²) in [5, 5.41) is 0.730. The number of rotatable bonds is 4. The van der Waals surface area contributed by atoms with Gasteiger partial charge >= 0.3 is 0 Å². The summed E-state index contributed by atoms with van der Waals surface area (Å²) in [4.78, 5) is 13.0. The van der Waals surface area contributed by atoms with Gasteiger partial charge in [-0.15, -0.1) is 0 Å². The average Bonchev–Trinajstić information content (AvgIpc) is 2.69. The lowest BCUT2D eigenvalue weighted by Crippen LogP contribution is -2.11. The van der Waals surface area contributed by atoms with Gasteiger partial charge in [0.05, 0.1) is 5.39 Å². The molecule has 0 saturated carbocycles. The molecule has 0 aliphatic carbocycles. The van der Waals surface area contributed by atoms with Crippen molar-refractivity contribution in [2.75, 3.05) is 0 Å². The fourth-order valence-corrected chi connectivity index (χ4v) is 3.00. The molecule has 0 N–H and O–H groups in total. The summed E-state index contributed by atoms with van der Waals surface area (Å²) in [7, 11) is 0. The minimum absolute atomic E-state index is 0.0271. The van der Waals surface area contributed by atoms with E-state index in [1.165, 1.54) is 12.1 Å². The highest BCUT2D eigenvalue weighted by Gasteiger charge is 2.18. The summed E-state index contributed by atoms with van der Waals surface area (Å²) < 4.78 is 25.6. The van der Waals surface area contributed by atoms with Crippen LogP contribution in [0.2, 0.25) is 5.02 Å². The van der Waals surface area contributed by atoms with E-state index >= 15 is 0 Å². The first-order chi connectivity index (χ1) is 13.1. The molecule has 0 atom stereocenters. The first kappa shape index (κ1) is 17.3. The SMILES string of the molecule is O=c1c(OCc2ccccc2F)c(-c2ccccc2)oc2ccc(Cl)cc12. The number of halogens is 2. The lowest BCUT2D eigenvalue weighted by atomic mass is 10.1. The molecule has 0 aliphatic rings. The number of fused-ring (bicyclic) bond motifs is 1. The van der Waals surface area contributed by atoms with Crippen molar-refractivity contribution in [2.24, 2.45) is 0 Å². The minimum Gasteiger partial charge on any atom is -0.481 e. The van der Waals surface area contributed by atoms with Crippen molar-refractivity contribution in [1.29, 1.82) is 0 Å². The quantitative estimate of drug-likeness (QED) is 0.447. The lowest BCUT2D eigenvalue weighted by Gasteiger charge is -2.12. The molecule has 0 spiro atoms. The van der Waals surface area contributed by atoms with E-state index in [0.29, 0.717) is 32.9 Å². The third-order valence-electron chi connectivity index (χ3n) is 4.18. The number of benzene rings is 3. The van der Waals surface area contributed by atoms with Gasteiger partial charge in [0.15, 0.2) is 5.76 Å². The second-order valence-electron chi connectivity index (χ2n) is 5.98. The van der Waals surface area contributed by atoms with Crippen molar-refractivity contribution < 1.29 is 13.5 Å². The van der Waals surface area contributed by atoms with Crippen molar-refractivity contribution in [3.05, 3.63) is 99.4 Å². The Morgan fingerprint density at radius 2 is 1.70 bits per heavy atom. The molecule has 5 heteroatoms. The first-order valence-electron chi connectivity index (χ1n) is 8.31. The zero-order valence-electron chi connectivity index (χ0n) is 14.1. The van der Waals surface area contributed by atoms with Gasteiger partial charge in [-0.1, -0.05) is 60.1 Å². The Labute approximate surface area is 159 Å². The normalized spacial score (nSPS) is 10.9. The molecule has 3 aromatic carbocycles. The van der Waals surface area contributed by atoms with Crippen molar-refractivity contribution in [1.82, 2.24) is 0 Å². The molecule has 27 heavy (non-hydrogen) atoms. The van der Waals surface area contributed by atoms with Crippen LogP contribution in [0.15, 0.2) is 82.0 Å². The van der Waals surface area contributed by atoms with Crippen LogP contribution in [0.25, 0.3) is 22.3 Å². The van der Waals surface area contributed by atoms with Crippen molar-refractivity contribution in [3.63, 3.8) is 0 Å². The maximum atomic E-state index is 13.9. The fraction of sp³-hybridized carbons (Fsp3) is 0.0455. The smallest absolute Gasteiger partial charge is 0.235 e. The first-order valence-corrected chi connectivity index (χ1v) is 8.69. The second-order valence-corrected chi connectivity index (χ2v) is 6.41. The van der Waals surface area contributed by atoms with Crippen LogP contribution >= 0.6 is 11.6 Å². The molecule has 134 valence electrons. The van der Waals surface area contributed by atoms with Gasteiger partial charge in [-0.05, 0) is 24.3 Å². The van der Waals surface area contributed by atoms with Crippen LogP contribution in [0, 0.1) is 5.82 Å². The highest BCUT2D eigenvalue weighted by molar-refractivity contribution is 6.31. The fourth-order valence-electron chi connectivity index (χ4n) is 2.83. The molecular formula is C22H14ClFO3. The van der Waals surface area contributed by atoms with Gasteiger partial charge in [0.25, 0.3) is 0 Å². The van der Waals surface area contributed by atoms with E-state index < -0.39 is 5.82 Å². The van der Waals surface area contributed by atoms with E-state index in [2.05, 4.69) is 0 Å². The van der Waals surface area contributed by atoms with E-state index in [-0.39, 0.29) is 17.8 Å². The van der Waals surface area contributed by atoms with Gasteiger partial charge < -0.3 is 9.15 Å². The summed E-state index contributed by atoms with van der Waals surface area (Å²) in [6, 6.07) is 20.3. The zero-order chi connectivity index (χ0) is 18.8. The van der Waals surface area contributed by atoms with Gasteiger partial charge in [0.2, 0.25) is 11.2 Å². The van der Waals surface area contributed by atoms with Gasteiger partial charge in [-0.25, -0.2) is 4.39 Å². The Hall–Kier alpha value is -3.11. The molecule has 4 aromatic rings. The van der Waals surface area contributed by atoms with Crippen LogP contribution in [0.3, 0.4) is 0 Å². The molecular weight excluding hydrogens is 367 g/mol. The average molecular weight is 381 g/mol. The molecule has 0 aliphatic heterocycles. The highest BCUT2D eigenvalue weighted by Crippen LogP contribution is 2.32. The predicted octanol–water partition coefficient (Wildman–Crippen LogP) is 5.83. The summed E-state index contributed by atoms with van der Waals surface area (Å²) in [5.74, 6) is -0.0713. The van der Waals surface area contributed by atoms with E-state index in [0.717, 1.165) is 0 Å². The van der Waals surface area contributed by atoms with Gasteiger partial charge in [-0.2, -0.15) is 0 Å².